The second-order valence-corrected chi connectivity index (χ2v) is 6.03. The third-order valence-corrected chi connectivity index (χ3v) is 4.16. The van der Waals surface area contributed by atoms with Gasteiger partial charge in [-0.1, -0.05) is 12.1 Å². The number of guanidine groups is 1. The van der Waals surface area contributed by atoms with Gasteiger partial charge >= 0.3 is 0 Å². The Morgan fingerprint density at radius 3 is 2.71 bits per heavy atom. The first-order chi connectivity index (χ1) is 13.7. The second kappa shape index (κ2) is 9.50. The second-order valence-electron chi connectivity index (χ2n) is 6.03. The standard InChI is InChI=1S/C20H24N4O4/c1-21-20(24-12-14-6-7-17-18(10-14)28-13-27-17)23-9-8-22-19(25)15-4-3-5-16(11-15)26-2/h3-7,10-11H,8-9,12-13H2,1-2H3,(H,22,25)(H2,21,23,24). The number of benzene rings is 2. The Morgan fingerprint density at radius 1 is 1.07 bits per heavy atom. The molecule has 0 saturated carbocycles. The minimum atomic E-state index is -0.149. The van der Waals surface area contributed by atoms with Crippen LogP contribution < -0.4 is 30.2 Å². The van der Waals surface area contributed by atoms with Crippen LogP contribution in [0, 0.1) is 0 Å². The van der Waals surface area contributed by atoms with Crippen molar-refractivity contribution in [1.29, 1.82) is 0 Å². The van der Waals surface area contributed by atoms with Crippen molar-refractivity contribution in [2.75, 3.05) is 34.0 Å². The highest BCUT2D eigenvalue weighted by molar-refractivity contribution is 5.94. The molecule has 2 aromatic carbocycles. The van der Waals surface area contributed by atoms with Crippen LogP contribution >= 0.6 is 0 Å². The SMILES string of the molecule is CN=C(NCCNC(=O)c1cccc(OC)c1)NCc1ccc2c(c1)OCO2. The molecule has 148 valence electrons. The number of amides is 1. The number of carbonyl (C=O) groups is 1. The molecular formula is C20H24N4O4. The smallest absolute Gasteiger partial charge is 0.251 e. The van der Waals surface area contributed by atoms with E-state index in [9.17, 15) is 4.79 Å². The number of methoxy groups -OCH3 is 1. The van der Waals surface area contributed by atoms with E-state index in [0.717, 1.165) is 17.1 Å². The lowest BCUT2D eigenvalue weighted by Crippen LogP contribution is -2.41. The Balaban J connectivity index is 1.40. The van der Waals surface area contributed by atoms with Gasteiger partial charge in [0.1, 0.15) is 5.75 Å². The summed E-state index contributed by atoms with van der Waals surface area (Å²) in [6, 6.07) is 12.8. The molecule has 0 aliphatic carbocycles. The maximum Gasteiger partial charge on any atom is 0.251 e. The fourth-order valence-electron chi connectivity index (χ4n) is 2.68. The van der Waals surface area contributed by atoms with Gasteiger partial charge in [-0.25, -0.2) is 0 Å². The first kappa shape index (κ1) is 19.3. The molecule has 0 bridgehead atoms. The minimum Gasteiger partial charge on any atom is -0.497 e. The molecule has 0 unspecified atom stereocenters. The summed E-state index contributed by atoms with van der Waals surface area (Å²) in [5.41, 5.74) is 1.61. The molecule has 1 aliphatic heterocycles. The lowest BCUT2D eigenvalue weighted by molar-refractivity contribution is 0.0954. The zero-order valence-electron chi connectivity index (χ0n) is 16.0. The number of ether oxygens (including phenoxy) is 3. The minimum absolute atomic E-state index is 0.149. The van der Waals surface area contributed by atoms with Gasteiger partial charge in [0.25, 0.3) is 5.91 Å². The number of hydrogen-bond acceptors (Lipinski definition) is 5. The molecular weight excluding hydrogens is 360 g/mol. The summed E-state index contributed by atoms with van der Waals surface area (Å²) >= 11 is 0. The summed E-state index contributed by atoms with van der Waals surface area (Å²) in [6.07, 6.45) is 0. The van der Waals surface area contributed by atoms with E-state index in [-0.39, 0.29) is 12.7 Å². The number of carbonyl (C=O) groups excluding carboxylic acids is 1. The average Bonchev–Trinajstić information content (AvgIpc) is 3.21. The van der Waals surface area contributed by atoms with E-state index < -0.39 is 0 Å². The lowest BCUT2D eigenvalue weighted by Gasteiger charge is -2.13. The van der Waals surface area contributed by atoms with E-state index in [1.54, 1.807) is 38.4 Å². The van der Waals surface area contributed by atoms with E-state index in [0.29, 0.717) is 36.9 Å². The molecule has 0 aromatic heterocycles. The molecule has 1 aliphatic rings. The van der Waals surface area contributed by atoms with Gasteiger partial charge in [-0.2, -0.15) is 0 Å². The van der Waals surface area contributed by atoms with Crippen LogP contribution in [-0.4, -0.2) is 45.9 Å². The monoisotopic (exact) mass is 384 g/mol. The lowest BCUT2D eigenvalue weighted by atomic mass is 10.2. The van der Waals surface area contributed by atoms with E-state index in [1.165, 1.54) is 0 Å². The van der Waals surface area contributed by atoms with E-state index in [1.807, 2.05) is 18.2 Å². The third-order valence-electron chi connectivity index (χ3n) is 4.16. The molecule has 0 spiro atoms. The Bertz CT molecular complexity index is 854. The van der Waals surface area contributed by atoms with Crippen LogP contribution in [0.5, 0.6) is 17.2 Å². The maximum atomic E-state index is 12.2. The highest BCUT2D eigenvalue weighted by Crippen LogP contribution is 2.32. The number of fused-ring (bicyclic) bond motifs is 1. The Kier molecular flexibility index (Phi) is 6.56. The molecule has 3 rings (SSSR count). The number of nitrogens with zero attached hydrogens (tertiary/aromatic N) is 1. The topological polar surface area (TPSA) is 93.2 Å². The van der Waals surface area contributed by atoms with Gasteiger partial charge in [0.15, 0.2) is 17.5 Å². The van der Waals surface area contributed by atoms with Gasteiger partial charge in [-0.05, 0) is 35.9 Å². The summed E-state index contributed by atoms with van der Waals surface area (Å²) < 4.78 is 15.8. The van der Waals surface area contributed by atoms with Gasteiger partial charge in [0.2, 0.25) is 6.79 Å². The largest absolute Gasteiger partial charge is 0.497 e. The summed E-state index contributed by atoms with van der Waals surface area (Å²) in [4.78, 5) is 16.4. The van der Waals surface area contributed by atoms with Crippen LogP contribution in [0.3, 0.4) is 0 Å². The van der Waals surface area contributed by atoms with Crippen LogP contribution in [0.25, 0.3) is 0 Å². The first-order valence-electron chi connectivity index (χ1n) is 8.95. The number of hydrogen-bond donors (Lipinski definition) is 3. The molecule has 0 atom stereocenters. The fraction of sp³-hybridized carbons (Fsp3) is 0.300. The Labute approximate surface area is 163 Å². The number of nitrogens with one attached hydrogen (secondary N) is 3. The zero-order chi connectivity index (χ0) is 19.8. The Hall–Kier alpha value is -3.42. The quantitative estimate of drug-likeness (QED) is 0.381. The van der Waals surface area contributed by atoms with Crippen molar-refractivity contribution >= 4 is 11.9 Å². The van der Waals surface area contributed by atoms with Crippen LogP contribution in [0.1, 0.15) is 15.9 Å². The number of rotatable bonds is 7. The molecule has 0 saturated heterocycles. The summed E-state index contributed by atoms with van der Waals surface area (Å²) in [5.74, 6) is 2.66. The highest BCUT2D eigenvalue weighted by atomic mass is 16.7. The van der Waals surface area contributed by atoms with Crippen molar-refractivity contribution in [3.63, 3.8) is 0 Å². The molecule has 2 aromatic rings. The normalized spacial score (nSPS) is 12.4. The van der Waals surface area contributed by atoms with E-state index in [2.05, 4.69) is 20.9 Å². The third kappa shape index (κ3) is 5.06. The predicted molar refractivity (Wildman–Crippen MR) is 106 cm³/mol. The van der Waals surface area contributed by atoms with E-state index >= 15 is 0 Å². The van der Waals surface area contributed by atoms with Crippen molar-refractivity contribution in [2.24, 2.45) is 4.99 Å². The van der Waals surface area contributed by atoms with E-state index in [4.69, 9.17) is 14.2 Å². The van der Waals surface area contributed by atoms with Crippen LogP contribution in [-0.2, 0) is 6.54 Å². The summed E-state index contributed by atoms with van der Waals surface area (Å²) in [6.45, 7) is 1.85. The zero-order valence-corrected chi connectivity index (χ0v) is 16.0. The van der Waals surface area contributed by atoms with Crippen molar-refractivity contribution in [2.45, 2.75) is 6.54 Å². The van der Waals surface area contributed by atoms with Crippen molar-refractivity contribution in [3.8, 4) is 17.2 Å². The average molecular weight is 384 g/mol. The van der Waals surface area contributed by atoms with Crippen LogP contribution in [0.15, 0.2) is 47.5 Å². The van der Waals surface area contributed by atoms with Gasteiger partial charge in [0, 0.05) is 32.2 Å². The molecule has 1 amide bonds. The maximum absolute atomic E-state index is 12.2. The highest BCUT2D eigenvalue weighted by Gasteiger charge is 2.13. The molecule has 0 fully saturated rings. The van der Waals surface area contributed by atoms with Crippen LogP contribution in [0.4, 0.5) is 0 Å². The van der Waals surface area contributed by atoms with Gasteiger partial charge < -0.3 is 30.2 Å². The van der Waals surface area contributed by atoms with Crippen molar-refractivity contribution < 1.29 is 19.0 Å². The molecule has 3 N–H and O–H groups in total. The molecule has 8 nitrogen and oxygen atoms in total. The molecule has 8 heteroatoms. The van der Waals surface area contributed by atoms with Crippen molar-refractivity contribution in [3.05, 3.63) is 53.6 Å². The van der Waals surface area contributed by atoms with Crippen molar-refractivity contribution in [1.82, 2.24) is 16.0 Å². The predicted octanol–water partition coefficient (Wildman–Crippen LogP) is 1.52. The number of aliphatic imine (C=N–C) groups is 1. The fourth-order valence-corrected chi connectivity index (χ4v) is 2.68. The summed E-state index contributed by atoms with van der Waals surface area (Å²) in [7, 11) is 3.27. The van der Waals surface area contributed by atoms with Gasteiger partial charge in [-0.15, -0.1) is 0 Å². The Morgan fingerprint density at radius 2 is 1.89 bits per heavy atom. The molecule has 1 heterocycles. The first-order valence-corrected chi connectivity index (χ1v) is 8.95. The molecule has 0 radical (unpaired) electrons. The molecule has 28 heavy (non-hydrogen) atoms. The van der Waals surface area contributed by atoms with Gasteiger partial charge in [-0.3, -0.25) is 9.79 Å². The summed E-state index contributed by atoms with van der Waals surface area (Å²) in [5, 5.41) is 9.25. The van der Waals surface area contributed by atoms with Gasteiger partial charge in [0.05, 0.1) is 7.11 Å². The van der Waals surface area contributed by atoms with Crippen LogP contribution in [0.2, 0.25) is 0 Å².